The molecule has 3 heterocycles. The Bertz CT molecular complexity index is 1610. The van der Waals surface area contributed by atoms with Gasteiger partial charge in [-0.15, -0.1) is 0 Å². The number of thiocarbonyl (C=S) groups is 1. The number of furan rings is 1. The highest BCUT2D eigenvalue weighted by atomic mass is 35.5. The number of benzene rings is 2. The predicted molar refractivity (Wildman–Crippen MR) is 153 cm³/mol. The van der Waals surface area contributed by atoms with Crippen molar-refractivity contribution < 1.29 is 17.6 Å². The highest BCUT2D eigenvalue weighted by molar-refractivity contribution is 7.92. The number of hydrogen-bond donors (Lipinski definition) is 2. The maximum absolute atomic E-state index is 11.8. The van der Waals surface area contributed by atoms with Gasteiger partial charge in [-0.25, -0.2) is 8.42 Å². The van der Waals surface area contributed by atoms with Crippen LogP contribution in [0.1, 0.15) is 29.1 Å². The summed E-state index contributed by atoms with van der Waals surface area (Å²) in [5.41, 5.74) is 3.65. The van der Waals surface area contributed by atoms with Crippen molar-refractivity contribution in [2.75, 3.05) is 23.0 Å². The van der Waals surface area contributed by atoms with Crippen LogP contribution >= 0.6 is 23.8 Å². The van der Waals surface area contributed by atoms with E-state index in [-0.39, 0.29) is 6.04 Å². The Balaban J connectivity index is 1.59. The summed E-state index contributed by atoms with van der Waals surface area (Å²) in [6.07, 6.45) is 2.82. The molecule has 0 bridgehead atoms. The zero-order chi connectivity index (χ0) is 27.0. The lowest BCUT2D eigenvalue weighted by Gasteiger charge is -2.27. The summed E-state index contributed by atoms with van der Waals surface area (Å²) in [6, 6.07) is 19.8. The zero-order valence-corrected chi connectivity index (χ0v) is 23.2. The Morgan fingerprint density at radius 1 is 1.13 bits per heavy atom. The lowest BCUT2D eigenvalue weighted by Crippen LogP contribution is -2.29. The Morgan fingerprint density at radius 2 is 1.95 bits per heavy atom. The van der Waals surface area contributed by atoms with Crippen LogP contribution in [0.2, 0.25) is 5.02 Å². The third-order valence-corrected chi connectivity index (χ3v) is 7.54. The molecular formula is C27H25ClN4O4S2. The number of rotatable bonds is 7. The van der Waals surface area contributed by atoms with Gasteiger partial charge in [0.15, 0.2) is 5.11 Å². The first-order valence-corrected chi connectivity index (χ1v) is 14.3. The number of aromatic nitrogens is 1. The van der Waals surface area contributed by atoms with Crippen LogP contribution in [0.5, 0.6) is 5.75 Å². The zero-order valence-electron chi connectivity index (χ0n) is 20.8. The van der Waals surface area contributed by atoms with Crippen LogP contribution in [0.4, 0.5) is 11.4 Å². The van der Waals surface area contributed by atoms with Crippen LogP contribution in [0, 0.1) is 6.92 Å². The first kappa shape index (κ1) is 26.0. The summed E-state index contributed by atoms with van der Waals surface area (Å²) in [6.45, 7) is 1.95. The van der Waals surface area contributed by atoms with Gasteiger partial charge in [0.05, 0.1) is 30.8 Å². The fourth-order valence-corrected chi connectivity index (χ4v) is 5.54. The largest absolute Gasteiger partial charge is 0.494 e. The van der Waals surface area contributed by atoms with E-state index in [9.17, 15) is 8.42 Å². The average molecular weight is 569 g/mol. The molecule has 2 atom stereocenters. The molecule has 8 nitrogen and oxygen atoms in total. The highest BCUT2D eigenvalue weighted by Gasteiger charge is 2.42. The summed E-state index contributed by atoms with van der Waals surface area (Å²) < 4.78 is 38.0. The molecule has 0 radical (unpaired) electrons. The number of methoxy groups -OCH3 is 1. The van der Waals surface area contributed by atoms with E-state index in [2.05, 4.69) is 15.0 Å². The van der Waals surface area contributed by atoms with Gasteiger partial charge < -0.3 is 19.4 Å². The monoisotopic (exact) mass is 568 g/mol. The number of nitrogens with one attached hydrogen (secondary N) is 2. The number of nitrogens with zero attached hydrogens (tertiary/aromatic N) is 2. The van der Waals surface area contributed by atoms with Crippen LogP contribution in [-0.4, -0.2) is 31.9 Å². The van der Waals surface area contributed by atoms with Gasteiger partial charge in [0, 0.05) is 28.5 Å². The van der Waals surface area contributed by atoms with Crippen molar-refractivity contribution in [3.63, 3.8) is 0 Å². The summed E-state index contributed by atoms with van der Waals surface area (Å²) in [5, 5.41) is 4.51. The second-order valence-electron chi connectivity index (χ2n) is 8.92. The van der Waals surface area contributed by atoms with E-state index in [1.807, 2.05) is 60.4 Å². The van der Waals surface area contributed by atoms with Gasteiger partial charge in [0.25, 0.3) is 0 Å². The van der Waals surface area contributed by atoms with Gasteiger partial charge in [0.2, 0.25) is 10.0 Å². The first-order valence-electron chi connectivity index (χ1n) is 11.7. The molecule has 196 valence electrons. The van der Waals surface area contributed by atoms with Gasteiger partial charge in [0.1, 0.15) is 23.3 Å². The van der Waals surface area contributed by atoms with E-state index >= 15 is 0 Å². The van der Waals surface area contributed by atoms with Crippen molar-refractivity contribution in [3.05, 3.63) is 95.0 Å². The molecular weight excluding hydrogens is 544 g/mol. The smallest absolute Gasteiger partial charge is 0.229 e. The topological polar surface area (TPSA) is 96.7 Å². The molecule has 11 heteroatoms. The lowest BCUT2D eigenvalue weighted by atomic mass is 10.0. The highest BCUT2D eigenvalue weighted by Crippen LogP contribution is 2.44. The number of halogens is 1. The van der Waals surface area contributed by atoms with Gasteiger partial charge in [-0.05, 0) is 67.2 Å². The van der Waals surface area contributed by atoms with Crippen LogP contribution < -0.4 is 19.7 Å². The average Bonchev–Trinajstić information content (AvgIpc) is 3.50. The SMILES string of the molecule is COc1cc(N2C(=S)N[C@H](c3ccccn3)[C@@H]2c2ccc(-c3ccc(C)c(Cl)c3)o2)ccc1NS(C)(=O)=O. The maximum Gasteiger partial charge on any atom is 0.229 e. The van der Waals surface area contributed by atoms with Crippen LogP contribution in [0.3, 0.4) is 0 Å². The molecule has 5 rings (SSSR count). The van der Waals surface area contributed by atoms with E-state index in [1.54, 1.807) is 24.4 Å². The molecule has 2 N–H and O–H groups in total. The fraction of sp³-hybridized carbons (Fsp3) is 0.185. The third kappa shape index (κ3) is 5.20. The fourth-order valence-electron chi connectivity index (χ4n) is 4.45. The minimum Gasteiger partial charge on any atom is -0.494 e. The molecule has 1 fully saturated rings. The molecule has 0 amide bonds. The van der Waals surface area contributed by atoms with Gasteiger partial charge in [-0.2, -0.15) is 0 Å². The number of pyridine rings is 1. The second-order valence-corrected chi connectivity index (χ2v) is 11.5. The van der Waals surface area contributed by atoms with Gasteiger partial charge in [-0.1, -0.05) is 29.8 Å². The minimum atomic E-state index is -3.49. The number of sulfonamides is 1. The van der Waals surface area contributed by atoms with Crippen molar-refractivity contribution in [2.45, 2.75) is 19.0 Å². The number of hydrogen-bond acceptors (Lipinski definition) is 6. The number of ether oxygens (including phenoxy) is 1. The summed E-state index contributed by atoms with van der Waals surface area (Å²) in [5.74, 6) is 1.69. The molecule has 1 aliphatic heterocycles. The van der Waals surface area contributed by atoms with Gasteiger partial charge in [-0.3, -0.25) is 9.71 Å². The molecule has 0 unspecified atom stereocenters. The second kappa shape index (κ2) is 10.3. The normalized spacial score (nSPS) is 17.4. The molecule has 0 spiro atoms. The van der Waals surface area contributed by atoms with Crippen molar-refractivity contribution in [3.8, 4) is 17.1 Å². The van der Waals surface area contributed by atoms with Crippen molar-refractivity contribution in [2.24, 2.45) is 0 Å². The summed E-state index contributed by atoms with van der Waals surface area (Å²) in [7, 11) is -2.02. The molecule has 0 saturated carbocycles. The Morgan fingerprint density at radius 3 is 2.63 bits per heavy atom. The minimum absolute atomic E-state index is 0.316. The molecule has 2 aromatic carbocycles. The Kier molecular flexibility index (Phi) is 7.04. The maximum atomic E-state index is 11.8. The number of anilines is 2. The van der Waals surface area contributed by atoms with Crippen molar-refractivity contribution in [1.82, 2.24) is 10.3 Å². The lowest BCUT2D eigenvalue weighted by molar-refractivity contribution is 0.416. The van der Waals surface area contributed by atoms with Crippen LogP contribution in [0.25, 0.3) is 11.3 Å². The molecule has 4 aromatic rings. The molecule has 2 aromatic heterocycles. The molecule has 38 heavy (non-hydrogen) atoms. The standard InChI is InChI=1S/C27H25ClN4O4S2/c1-16-7-8-17(14-19(16)28)22-11-12-23(36-22)26-25(21-6-4-5-13-29-21)30-27(37)32(26)18-9-10-20(24(15-18)35-2)31-38(3,33)34/h4-15,25-26,31H,1-3H3,(H,30,37)/t25-,26+/m1/s1. The van der Waals surface area contributed by atoms with Crippen LogP contribution in [-0.2, 0) is 10.0 Å². The van der Waals surface area contributed by atoms with Crippen LogP contribution in [0.15, 0.2) is 77.3 Å². The van der Waals surface area contributed by atoms with Crippen molar-refractivity contribution in [1.29, 1.82) is 0 Å². The van der Waals surface area contributed by atoms with E-state index in [0.717, 1.165) is 23.1 Å². The molecule has 0 aliphatic carbocycles. The van der Waals surface area contributed by atoms with E-state index < -0.39 is 16.1 Å². The molecule has 1 saturated heterocycles. The Labute approximate surface area is 231 Å². The van der Waals surface area contributed by atoms with E-state index in [1.165, 1.54) is 7.11 Å². The summed E-state index contributed by atoms with van der Waals surface area (Å²) in [4.78, 5) is 6.49. The first-order chi connectivity index (χ1) is 18.1. The van der Waals surface area contributed by atoms with E-state index in [0.29, 0.717) is 38.8 Å². The molecule has 1 aliphatic rings. The number of aryl methyl sites for hydroxylation is 1. The van der Waals surface area contributed by atoms with Crippen molar-refractivity contribution >= 4 is 50.3 Å². The van der Waals surface area contributed by atoms with Gasteiger partial charge >= 0.3 is 0 Å². The van der Waals surface area contributed by atoms with E-state index in [4.69, 9.17) is 33.0 Å². The quantitative estimate of drug-likeness (QED) is 0.268. The predicted octanol–water partition coefficient (Wildman–Crippen LogP) is 5.86. The summed E-state index contributed by atoms with van der Waals surface area (Å²) >= 11 is 12.1. The Hall–Kier alpha value is -3.60. The third-order valence-electron chi connectivity index (χ3n) is 6.23.